The van der Waals surface area contributed by atoms with E-state index in [1.165, 1.54) is 4.90 Å². The minimum absolute atomic E-state index is 0.0674. The Kier molecular flexibility index (Phi) is 6.77. The summed E-state index contributed by atoms with van der Waals surface area (Å²) < 4.78 is 60.7. The van der Waals surface area contributed by atoms with Gasteiger partial charge >= 0.3 is 6.09 Å². The summed E-state index contributed by atoms with van der Waals surface area (Å²) in [6, 6.07) is 6.95. The molecule has 1 saturated carbocycles. The van der Waals surface area contributed by atoms with Gasteiger partial charge in [-0.15, -0.1) is 0 Å². The Morgan fingerprint density at radius 1 is 1.00 bits per heavy atom. The van der Waals surface area contributed by atoms with Crippen molar-refractivity contribution in [2.45, 2.75) is 64.1 Å². The van der Waals surface area contributed by atoms with Gasteiger partial charge in [-0.25, -0.2) is 22.9 Å². The Morgan fingerprint density at radius 2 is 1.73 bits per heavy atom. The molecule has 4 aromatic rings. The van der Waals surface area contributed by atoms with E-state index in [9.17, 15) is 18.0 Å². The molecule has 40 heavy (non-hydrogen) atoms. The molecule has 210 valence electrons. The van der Waals surface area contributed by atoms with Crippen molar-refractivity contribution in [2.24, 2.45) is 0 Å². The number of benzene rings is 2. The van der Waals surface area contributed by atoms with Crippen molar-refractivity contribution in [3.8, 4) is 11.1 Å². The fourth-order valence-corrected chi connectivity index (χ4v) is 6.12. The first-order valence-electron chi connectivity index (χ1n) is 13.3. The summed E-state index contributed by atoms with van der Waals surface area (Å²) in [5.74, 6) is -3.10. The number of carbonyl (C=O) groups is 1. The first kappa shape index (κ1) is 26.4. The minimum atomic E-state index is -1.60. The molecule has 11 heteroatoms. The summed E-state index contributed by atoms with van der Waals surface area (Å²) in [5, 5.41) is 4.07. The van der Waals surface area contributed by atoms with E-state index in [0.29, 0.717) is 23.5 Å². The van der Waals surface area contributed by atoms with Crippen LogP contribution >= 0.6 is 0 Å². The third-order valence-corrected chi connectivity index (χ3v) is 8.05. The molecule has 0 spiro atoms. The fourth-order valence-electron chi connectivity index (χ4n) is 6.12. The number of imidazole rings is 1. The number of fused-ring (bicyclic) bond motifs is 1. The fraction of sp³-hybridized carbons (Fsp3) is 0.414. The maximum Gasteiger partial charge on any atom is 0.414 e. The monoisotopic (exact) mass is 554 g/mol. The number of amides is 1. The van der Waals surface area contributed by atoms with E-state index >= 15 is 0 Å². The molecule has 2 fully saturated rings. The van der Waals surface area contributed by atoms with Crippen molar-refractivity contribution in [1.29, 1.82) is 0 Å². The van der Waals surface area contributed by atoms with Crippen molar-refractivity contribution < 1.29 is 32.0 Å². The van der Waals surface area contributed by atoms with E-state index in [1.54, 1.807) is 7.11 Å². The van der Waals surface area contributed by atoms with Crippen LogP contribution < -0.4 is 4.90 Å². The number of carbonyl (C=O) groups excluding carboxylic acids is 1. The smallest absolute Gasteiger partial charge is 0.414 e. The predicted octanol–water partition coefficient (Wildman–Crippen LogP) is 6.94. The summed E-state index contributed by atoms with van der Waals surface area (Å²) in [6.07, 6.45) is 3.12. The zero-order chi connectivity index (χ0) is 28.1. The van der Waals surface area contributed by atoms with Crippen LogP contribution in [0.2, 0.25) is 0 Å². The lowest BCUT2D eigenvalue weighted by molar-refractivity contribution is 0.0582. The molecule has 8 nitrogen and oxygen atoms in total. The Bertz CT molecular complexity index is 1550. The van der Waals surface area contributed by atoms with Gasteiger partial charge in [0.15, 0.2) is 17.5 Å². The third-order valence-electron chi connectivity index (χ3n) is 8.05. The molecule has 0 radical (unpaired) electrons. The average molecular weight is 555 g/mol. The Hall–Kier alpha value is -3.86. The van der Waals surface area contributed by atoms with Crippen LogP contribution in [0.5, 0.6) is 0 Å². The quantitative estimate of drug-likeness (QED) is 0.249. The van der Waals surface area contributed by atoms with Gasteiger partial charge in [-0.3, -0.25) is 4.90 Å². The van der Waals surface area contributed by atoms with Gasteiger partial charge in [-0.1, -0.05) is 11.2 Å². The van der Waals surface area contributed by atoms with E-state index in [-0.39, 0.29) is 24.4 Å². The number of anilines is 1. The molecule has 2 aromatic heterocycles. The van der Waals surface area contributed by atoms with E-state index < -0.39 is 29.6 Å². The second-order valence-electron chi connectivity index (χ2n) is 10.4. The number of ether oxygens (including phenoxy) is 2. The largest absolute Gasteiger partial charge is 0.449 e. The van der Waals surface area contributed by atoms with Crippen LogP contribution in [0.15, 0.2) is 34.9 Å². The number of hydrogen-bond donors (Lipinski definition) is 0. The molecule has 1 atom stereocenters. The molecule has 0 bridgehead atoms. The second kappa shape index (κ2) is 10.3. The highest BCUT2D eigenvalue weighted by Crippen LogP contribution is 2.41. The highest BCUT2D eigenvalue weighted by atomic mass is 19.2. The Morgan fingerprint density at radius 3 is 2.38 bits per heavy atom. The minimum Gasteiger partial charge on any atom is -0.449 e. The molecule has 3 heterocycles. The third kappa shape index (κ3) is 4.42. The highest BCUT2D eigenvalue weighted by molar-refractivity contribution is 5.90. The number of rotatable bonds is 5. The number of nitrogens with zero attached hydrogens (tertiary/aromatic N) is 4. The van der Waals surface area contributed by atoms with Crippen LogP contribution in [0.25, 0.3) is 22.2 Å². The average Bonchev–Trinajstić information content (AvgIpc) is 3.49. The molecule has 1 aliphatic heterocycles. The topological polar surface area (TPSA) is 82.6 Å². The van der Waals surface area contributed by atoms with Crippen molar-refractivity contribution in [1.82, 2.24) is 14.7 Å². The molecule has 1 amide bonds. The summed E-state index contributed by atoms with van der Waals surface area (Å²) >= 11 is 0. The first-order chi connectivity index (χ1) is 19.3. The van der Waals surface area contributed by atoms with Gasteiger partial charge in [0.2, 0.25) is 0 Å². The van der Waals surface area contributed by atoms with E-state index in [2.05, 4.69) is 9.72 Å². The van der Waals surface area contributed by atoms with Crippen molar-refractivity contribution in [3.63, 3.8) is 0 Å². The SMILES string of the molecule is CO[C@H]1CC[C@H](n2c([C@@H]3CCOC(=O)N3c3cc(F)c(F)c(F)c3)nc3cc(-c4c(C)noc4C)ccc32)CC1. The van der Waals surface area contributed by atoms with E-state index in [0.717, 1.165) is 60.2 Å². The van der Waals surface area contributed by atoms with Crippen LogP contribution in [0, 0.1) is 31.3 Å². The molecule has 1 saturated heterocycles. The van der Waals surface area contributed by atoms with Gasteiger partial charge in [-0.05, 0) is 57.2 Å². The van der Waals surface area contributed by atoms with Crippen LogP contribution in [0.1, 0.15) is 61.5 Å². The normalized spacial score (nSPS) is 21.7. The molecule has 0 unspecified atom stereocenters. The predicted molar refractivity (Wildman–Crippen MR) is 141 cm³/mol. The summed E-state index contributed by atoms with van der Waals surface area (Å²) in [4.78, 5) is 19.2. The summed E-state index contributed by atoms with van der Waals surface area (Å²) in [7, 11) is 1.71. The zero-order valence-corrected chi connectivity index (χ0v) is 22.4. The lowest BCUT2D eigenvalue weighted by Crippen LogP contribution is -2.42. The molecule has 2 aliphatic rings. The number of cyclic esters (lactones) is 1. The first-order valence-corrected chi connectivity index (χ1v) is 13.3. The van der Waals surface area contributed by atoms with Crippen LogP contribution in [-0.4, -0.2) is 40.6 Å². The second-order valence-corrected chi connectivity index (χ2v) is 10.4. The van der Waals surface area contributed by atoms with Gasteiger partial charge in [0, 0.05) is 37.3 Å². The van der Waals surface area contributed by atoms with Gasteiger partial charge in [0.05, 0.1) is 35.1 Å². The lowest BCUT2D eigenvalue weighted by Gasteiger charge is -2.37. The number of methoxy groups -OCH3 is 1. The van der Waals surface area contributed by atoms with Crippen molar-refractivity contribution >= 4 is 22.8 Å². The molecule has 1 aliphatic carbocycles. The van der Waals surface area contributed by atoms with Gasteiger partial charge in [0.1, 0.15) is 17.6 Å². The van der Waals surface area contributed by atoms with Gasteiger partial charge in [0.25, 0.3) is 0 Å². The van der Waals surface area contributed by atoms with Gasteiger partial charge in [-0.2, -0.15) is 0 Å². The van der Waals surface area contributed by atoms with Crippen molar-refractivity contribution in [2.75, 3.05) is 18.6 Å². The van der Waals surface area contributed by atoms with Crippen molar-refractivity contribution in [3.05, 3.63) is 65.1 Å². The number of halogens is 3. The zero-order valence-electron chi connectivity index (χ0n) is 22.4. The van der Waals surface area contributed by atoms with Crippen LogP contribution in [-0.2, 0) is 9.47 Å². The maximum absolute atomic E-state index is 14.3. The molecular weight excluding hydrogens is 525 g/mol. The maximum atomic E-state index is 14.3. The number of aromatic nitrogens is 3. The Labute approximate surface area is 228 Å². The van der Waals surface area contributed by atoms with Gasteiger partial charge < -0.3 is 18.6 Å². The molecule has 2 aromatic carbocycles. The number of hydrogen-bond acceptors (Lipinski definition) is 6. The van der Waals surface area contributed by atoms with Crippen LogP contribution in [0.3, 0.4) is 0 Å². The summed E-state index contributed by atoms with van der Waals surface area (Å²) in [6.45, 7) is 3.83. The van der Waals surface area contributed by atoms with E-state index in [1.807, 2.05) is 32.0 Å². The lowest BCUT2D eigenvalue weighted by atomic mass is 9.92. The number of aryl methyl sites for hydroxylation is 2. The van der Waals surface area contributed by atoms with Crippen LogP contribution in [0.4, 0.5) is 23.7 Å². The Balaban J connectivity index is 1.51. The molecule has 0 N–H and O–H groups in total. The summed E-state index contributed by atoms with van der Waals surface area (Å²) in [5.41, 5.74) is 3.99. The molecule has 6 rings (SSSR count). The highest BCUT2D eigenvalue weighted by Gasteiger charge is 2.38. The standard InChI is InChI=1S/C29H29F3N4O4/c1-15-26(16(2)40-34-15)17-4-9-24-23(12-17)33-28(35(24)18-5-7-20(38-3)8-6-18)25-10-11-39-29(37)36(25)19-13-21(30)27(32)22(31)14-19/h4,9,12-14,18,20,25H,5-8,10-11H2,1-3H3/t18-,20-,25-/m0/s1. The van der Waals surface area contributed by atoms with E-state index in [4.69, 9.17) is 19.0 Å². The molecular formula is C29H29F3N4O4.